The maximum Gasteiger partial charge on any atom is 0.251 e. The Morgan fingerprint density at radius 1 is 1.02 bits per heavy atom. The summed E-state index contributed by atoms with van der Waals surface area (Å²) in [6, 6.07) is 13.4. The second-order valence-electron chi connectivity index (χ2n) is 12.2. The highest BCUT2D eigenvalue weighted by molar-refractivity contribution is 5.95. The first-order chi connectivity index (χ1) is 21.2. The Morgan fingerprint density at radius 2 is 1.64 bits per heavy atom. The molecule has 2 aromatic carbocycles. The lowest BCUT2D eigenvalue weighted by Crippen LogP contribution is -2.46. The summed E-state index contributed by atoms with van der Waals surface area (Å²) in [5.41, 5.74) is 4.16. The number of aryl methyl sites for hydroxylation is 3. The van der Waals surface area contributed by atoms with Gasteiger partial charge in [0.25, 0.3) is 11.8 Å². The summed E-state index contributed by atoms with van der Waals surface area (Å²) in [6.45, 7) is 2.15. The van der Waals surface area contributed by atoms with Gasteiger partial charge in [-0.3, -0.25) is 14.4 Å². The van der Waals surface area contributed by atoms with Crippen molar-refractivity contribution in [3.05, 3.63) is 75.6 Å². The molecule has 2 heterocycles. The fourth-order valence-electron chi connectivity index (χ4n) is 7.38. The lowest BCUT2D eigenvalue weighted by atomic mass is 9.67. The van der Waals surface area contributed by atoms with Gasteiger partial charge >= 0.3 is 0 Å². The van der Waals surface area contributed by atoms with Crippen LogP contribution in [0.1, 0.15) is 75.0 Å². The first-order valence-corrected chi connectivity index (χ1v) is 15.1. The Hall–Kier alpha value is -4.63. The highest BCUT2D eigenvalue weighted by Crippen LogP contribution is 2.48. The fourth-order valence-corrected chi connectivity index (χ4v) is 7.38. The van der Waals surface area contributed by atoms with Gasteiger partial charge in [-0.1, -0.05) is 12.1 Å². The van der Waals surface area contributed by atoms with Gasteiger partial charge in [-0.2, -0.15) is 5.26 Å². The van der Waals surface area contributed by atoms with Crippen LogP contribution in [0.2, 0.25) is 0 Å². The number of rotatable bonds is 8. The number of aromatic nitrogens is 4. The monoisotopic (exact) mass is 595 g/mol. The summed E-state index contributed by atoms with van der Waals surface area (Å²) < 4.78 is 1.67. The van der Waals surface area contributed by atoms with Crippen LogP contribution in [0.3, 0.4) is 0 Å². The average Bonchev–Trinajstić information content (AvgIpc) is 3.54. The Balaban J connectivity index is 1.43. The van der Waals surface area contributed by atoms with Gasteiger partial charge in [0.15, 0.2) is 5.82 Å². The van der Waals surface area contributed by atoms with E-state index in [1.807, 2.05) is 50.4 Å². The number of nitriles is 1. The van der Waals surface area contributed by atoms with Crippen LogP contribution in [0.15, 0.2) is 36.4 Å². The molecule has 3 N–H and O–H groups in total. The van der Waals surface area contributed by atoms with Crippen molar-refractivity contribution in [2.45, 2.75) is 62.6 Å². The minimum atomic E-state index is -0.873. The molecule has 3 aliphatic rings. The number of piperidine rings is 1. The van der Waals surface area contributed by atoms with Crippen LogP contribution in [0.5, 0.6) is 0 Å². The van der Waals surface area contributed by atoms with E-state index in [0.717, 1.165) is 35.1 Å². The standard InChI is InChI=1S/C32H37N9O3/c1-18(36-17-28(42)41-24(16-33)13-23-14-27(23)41)15-32(31-37-38-39-40(31)4)25-9-7-21(29(43)34-2)11-19(25)5-6-20-12-22(30(44)35-3)8-10-26(20)32/h7-12,18,23-24,27,36H,5-6,13-15,17H2,1-4H3,(H,34,43)(H,35,44)/t18-,23-,24+,27+/m1/s1. The molecule has 12 nitrogen and oxygen atoms in total. The zero-order valence-electron chi connectivity index (χ0n) is 25.4. The molecule has 2 fully saturated rings. The molecule has 12 heteroatoms. The van der Waals surface area contributed by atoms with E-state index in [2.05, 4.69) is 37.5 Å². The largest absolute Gasteiger partial charge is 0.355 e. The number of carbonyl (C=O) groups is 3. The molecule has 0 radical (unpaired) electrons. The maximum absolute atomic E-state index is 13.3. The van der Waals surface area contributed by atoms with E-state index in [0.29, 0.717) is 42.1 Å². The van der Waals surface area contributed by atoms with E-state index in [1.165, 1.54) is 0 Å². The third-order valence-electron chi connectivity index (χ3n) is 9.53. The van der Waals surface area contributed by atoms with Crippen LogP contribution in [0.4, 0.5) is 0 Å². The van der Waals surface area contributed by atoms with Gasteiger partial charge in [0.1, 0.15) is 6.04 Å². The molecule has 1 aromatic heterocycles. The predicted octanol–water partition coefficient (Wildman–Crippen LogP) is 1.24. The van der Waals surface area contributed by atoms with E-state index < -0.39 is 5.41 Å². The third kappa shape index (κ3) is 4.91. The first-order valence-electron chi connectivity index (χ1n) is 15.1. The fraction of sp³-hybridized carbons (Fsp3) is 0.469. The van der Waals surface area contributed by atoms with Gasteiger partial charge in [-0.15, -0.1) is 5.10 Å². The second-order valence-corrected chi connectivity index (χ2v) is 12.2. The first kappa shape index (κ1) is 29.4. The molecule has 228 valence electrons. The van der Waals surface area contributed by atoms with Crippen molar-refractivity contribution in [1.82, 2.24) is 41.1 Å². The summed E-state index contributed by atoms with van der Waals surface area (Å²) in [7, 11) is 5.03. The lowest BCUT2D eigenvalue weighted by Gasteiger charge is -2.37. The number of nitrogens with one attached hydrogen (secondary N) is 3. The zero-order valence-corrected chi connectivity index (χ0v) is 25.4. The van der Waals surface area contributed by atoms with Crippen molar-refractivity contribution < 1.29 is 14.4 Å². The summed E-state index contributed by atoms with van der Waals surface area (Å²) >= 11 is 0. The molecule has 44 heavy (non-hydrogen) atoms. The molecule has 6 rings (SSSR count). The Morgan fingerprint density at radius 3 is 2.16 bits per heavy atom. The summed E-state index contributed by atoms with van der Waals surface area (Å²) in [4.78, 5) is 40.4. The van der Waals surface area contributed by atoms with Gasteiger partial charge in [0.05, 0.1) is 18.0 Å². The molecule has 0 unspecified atom stereocenters. The molecule has 2 aliphatic carbocycles. The van der Waals surface area contributed by atoms with Gasteiger partial charge < -0.3 is 20.9 Å². The van der Waals surface area contributed by atoms with Gasteiger partial charge in [0, 0.05) is 44.4 Å². The van der Waals surface area contributed by atoms with Crippen molar-refractivity contribution >= 4 is 17.7 Å². The molecule has 1 saturated heterocycles. The van der Waals surface area contributed by atoms with E-state index in [9.17, 15) is 19.6 Å². The number of amides is 3. The Labute approximate surface area is 256 Å². The number of fused-ring (bicyclic) bond motifs is 3. The van der Waals surface area contributed by atoms with Crippen molar-refractivity contribution in [1.29, 1.82) is 5.26 Å². The predicted molar refractivity (Wildman–Crippen MR) is 161 cm³/mol. The Kier molecular flexibility index (Phi) is 7.67. The molecule has 1 aliphatic heterocycles. The topological polar surface area (TPSA) is 158 Å². The molecule has 1 saturated carbocycles. The minimum absolute atomic E-state index is 0.0603. The van der Waals surface area contributed by atoms with E-state index in [1.54, 1.807) is 23.7 Å². The van der Waals surface area contributed by atoms with Crippen LogP contribution >= 0.6 is 0 Å². The van der Waals surface area contributed by atoms with Crippen LogP contribution in [-0.2, 0) is 30.1 Å². The number of likely N-dealkylation sites (tertiary alicyclic amines) is 1. The number of nitrogens with zero attached hydrogens (tertiary/aromatic N) is 6. The summed E-state index contributed by atoms with van der Waals surface area (Å²) in [5.74, 6) is 0.658. The quantitative estimate of drug-likeness (QED) is 0.351. The normalized spacial score (nSPS) is 21.6. The Bertz CT molecular complexity index is 1610. The van der Waals surface area contributed by atoms with Crippen molar-refractivity contribution in [2.75, 3.05) is 20.6 Å². The number of hydrogen-bond donors (Lipinski definition) is 3. The molecular weight excluding hydrogens is 558 g/mol. The van der Waals surface area contributed by atoms with Crippen LogP contribution in [-0.4, -0.2) is 81.6 Å². The second kappa shape index (κ2) is 11.5. The highest BCUT2D eigenvalue weighted by atomic mass is 16.2. The van der Waals surface area contributed by atoms with Crippen LogP contribution in [0, 0.1) is 17.2 Å². The van der Waals surface area contributed by atoms with E-state index in [4.69, 9.17) is 0 Å². The van der Waals surface area contributed by atoms with Crippen molar-refractivity contribution in [3.63, 3.8) is 0 Å². The van der Waals surface area contributed by atoms with Crippen molar-refractivity contribution in [3.8, 4) is 6.07 Å². The molecule has 3 amide bonds. The number of carbonyl (C=O) groups excluding carboxylic acids is 3. The average molecular weight is 596 g/mol. The molecule has 0 spiro atoms. The minimum Gasteiger partial charge on any atom is -0.355 e. The van der Waals surface area contributed by atoms with Gasteiger partial charge in [0.2, 0.25) is 5.91 Å². The molecule has 3 aromatic rings. The summed E-state index contributed by atoms with van der Waals surface area (Å²) in [5, 5.41) is 31.3. The van der Waals surface area contributed by atoms with E-state index >= 15 is 0 Å². The molecular formula is C32H37N9O3. The summed E-state index contributed by atoms with van der Waals surface area (Å²) in [6.07, 6.45) is 3.51. The SMILES string of the molecule is CNC(=O)c1ccc2c(c1)CCc1cc(C(=O)NC)ccc1C2(C[C@@H](C)NCC(=O)N1[C@H](C#N)C[C@@H]2C[C@@H]21)c1nnnn1C. The van der Waals surface area contributed by atoms with E-state index in [-0.39, 0.29) is 42.4 Å². The van der Waals surface area contributed by atoms with Gasteiger partial charge in [-0.05, 0) is 102 Å². The number of benzene rings is 2. The number of hydrogen-bond acceptors (Lipinski definition) is 8. The highest BCUT2D eigenvalue weighted by Gasteiger charge is 2.54. The molecule has 0 bridgehead atoms. The third-order valence-corrected chi connectivity index (χ3v) is 9.53. The molecule has 4 atom stereocenters. The van der Waals surface area contributed by atoms with Gasteiger partial charge in [-0.25, -0.2) is 4.68 Å². The zero-order chi connectivity index (χ0) is 31.2. The number of tetrazole rings is 1. The smallest absolute Gasteiger partial charge is 0.251 e. The van der Waals surface area contributed by atoms with Crippen LogP contribution in [0.25, 0.3) is 0 Å². The lowest BCUT2D eigenvalue weighted by molar-refractivity contribution is -0.131. The van der Waals surface area contributed by atoms with Crippen LogP contribution < -0.4 is 16.0 Å². The maximum atomic E-state index is 13.3. The van der Waals surface area contributed by atoms with Crippen molar-refractivity contribution in [2.24, 2.45) is 13.0 Å².